The van der Waals surface area contributed by atoms with Gasteiger partial charge in [-0.2, -0.15) is 0 Å². The van der Waals surface area contributed by atoms with Gasteiger partial charge in [-0.3, -0.25) is 29.8 Å². The summed E-state index contributed by atoms with van der Waals surface area (Å²) in [6.07, 6.45) is 5.04. The number of carbonyl (C=O) groups is 6. The molecule has 3 aliphatic rings. The third-order valence-electron chi connectivity index (χ3n) is 14.2. The SMILES string of the molecule is C=C1C[C@@H](CO[Si](C)(C)C(C)(C)C)N(C(=O)c2cc(OC)c(OCCCCCOc3cc(NC(=O)OC(C)(C)C)c(C(=O)N4CC(=C)C[C@H]4CC)cc3OC)cc2NC(=O)OCc2cn(C)c3c2C(=O)C(C)=CC3=O)C1. The third-order valence-corrected chi connectivity index (χ3v) is 18.7. The van der Waals surface area contributed by atoms with Crippen molar-refractivity contribution in [3.8, 4) is 23.0 Å². The molecule has 2 atom stereocenters. The van der Waals surface area contributed by atoms with Crippen molar-refractivity contribution in [2.24, 2.45) is 7.05 Å². The topological polar surface area (TPSA) is 202 Å². The number of nitrogens with zero attached hydrogens (tertiary/aromatic N) is 3. The number of Topliss-reactive ketones (excluding diaryl/α,β-unsaturated/α-hetero) is 1. The lowest BCUT2D eigenvalue weighted by Gasteiger charge is -2.38. The van der Waals surface area contributed by atoms with Crippen LogP contribution in [0.3, 0.4) is 0 Å². The Morgan fingerprint density at radius 1 is 0.750 bits per heavy atom. The lowest BCUT2D eigenvalue weighted by Crippen LogP contribution is -2.46. The highest BCUT2D eigenvalue weighted by atomic mass is 28.4. The number of benzene rings is 2. The van der Waals surface area contributed by atoms with E-state index in [0.717, 1.165) is 17.6 Å². The number of carbonyl (C=O) groups excluding carboxylic acids is 6. The predicted octanol–water partition coefficient (Wildman–Crippen LogP) is 11.1. The van der Waals surface area contributed by atoms with Crippen molar-refractivity contribution >= 4 is 55.3 Å². The molecule has 2 aliphatic heterocycles. The number of anilines is 2. The number of hydrogen-bond acceptors (Lipinski definition) is 13. The van der Waals surface area contributed by atoms with Gasteiger partial charge in [-0.15, -0.1) is 0 Å². The smallest absolute Gasteiger partial charge is 0.412 e. The number of methoxy groups -OCH3 is 2. The normalized spacial score (nSPS) is 16.8. The standard InChI is InChI=1S/C57H77N5O13Si/c1-16-38-22-34(2)29-61(38)52(65)41-26-46(70-13)48(28-43(41)59-55(68)75-56(5,6)7)72-21-19-17-18-20-71-47-27-42(58-54(67)73-32-37-31-60(11)50-44(63)24-36(4)51(64)49(37)50)40(25-45(47)69-12)53(66)62-30-35(3)23-39(62)33-74-76(14,15)57(8,9)10/h24-28,31,38-39H,2-3,16-23,29-30,32-33H2,1,4-15H3,(H,58,67)(H,59,68)/t38-,39+/m1/s1. The van der Waals surface area contributed by atoms with E-state index < -0.39 is 26.1 Å². The summed E-state index contributed by atoms with van der Waals surface area (Å²) in [5.41, 5.74) is 2.74. The Labute approximate surface area is 448 Å². The number of aromatic nitrogens is 1. The number of hydrogen-bond donors (Lipinski definition) is 2. The zero-order valence-corrected chi connectivity index (χ0v) is 47.7. The van der Waals surface area contributed by atoms with E-state index in [2.05, 4.69) is 57.7 Å². The largest absolute Gasteiger partial charge is 0.493 e. The quantitative estimate of drug-likeness (QED) is 0.0615. The average Bonchev–Trinajstić information content (AvgIpc) is 4.03. The van der Waals surface area contributed by atoms with Gasteiger partial charge in [-0.25, -0.2) is 9.59 Å². The molecule has 0 saturated carbocycles. The molecule has 1 aromatic heterocycles. The fourth-order valence-corrected chi connectivity index (χ4v) is 10.2. The van der Waals surface area contributed by atoms with Crippen LogP contribution in [0.5, 0.6) is 23.0 Å². The summed E-state index contributed by atoms with van der Waals surface area (Å²) in [6.45, 7) is 29.1. The zero-order valence-electron chi connectivity index (χ0n) is 46.7. The highest BCUT2D eigenvalue weighted by Gasteiger charge is 2.41. The first-order chi connectivity index (χ1) is 35.7. The van der Waals surface area contributed by atoms with Gasteiger partial charge in [0.15, 0.2) is 37.1 Å². The maximum absolute atomic E-state index is 14.7. The van der Waals surface area contributed by atoms with E-state index in [1.807, 2.05) is 6.92 Å². The van der Waals surface area contributed by atoms with Gasteiger partial charge < -0.3 is 47.2 Å². The van der Waals surface area contributed by atoms with Gasteiger partial charge in [0.25, 0.3) is 11.8 Å². The van der Waals surface area contributed by atoms with Crippen LogP contribution >= 0.6 is 0 Å². The maximum atomic E-state index is 14.7. The summed E-state index contributed by atoms with van der Waals surface area (Å²) < 4.78 is 43.3. The van der Waals surface area contributed by atoms with Crippen LogP contribution in [0.2, 0.25) is 18.1 Å². The van der Waals surface area contributed by atoms with Gasteiger partial charge >= 0.3 is 12.2 Å². The molecule has 0 radical (unpaired) electrons. The number of rotatable bonds is 20. The van der Waals surface area contributed by atoms with Crippen molar-refractivity contribution in [1.29, 1.82) is 0 Å². The van der Waals surface area contributed by atoms with Crippen molar-refractivity contribution in [3.05, 3.63) is 94.4 Å². The van der Waals surface area contributed by atoms with Crippen molar-refractivity contribution in [3.63, 3.8) is 0 Å². The number of ketones is 2. The van der Waals surface area contributed by atoms with Gasteiger partial charge in [0.1, 0.15) is 17.9 Å². The molecule has 3 heterocycles. The van der Waals surface area contributed by atoms with Gasteiger partial charge in [0.05, 0.1) is 68.1 Å². The highest BCUT2D eigenvalue weighted by molar-refractivity contribution is 6.74. The third kappa shape index (κ3) is 13.8. The zero-order chi connectivity index (χ0) is 56.0. The molecule has 4 amide bonds. The number of aryl methyl sites for hydroxylation is 1. The molecule has 2 N–H and O–H groups in total. The number of unbranched alkanes of at least 4 members (excludes halogenated alkanes) is 2. The van der Waals surface area contributed by atoms with E-state index in [9.17, 15) is 28.8 Å². The van der Waals surface area contributed by atoms with Gasteiger partial charge in [-0.05, 0) is 103 Å². The number of allylic oxidation sites excluding steroid dienone is 2. The van der Waals surface area contributed by atoms with Gasteiger partial charge in [0.2, 0.25) is 5.78 Å². The lowest BCUT2D eigenvalue weighted by molar-refractivity contribution is 0.0634. The van der Waals surface area contributed by atoms with Crippen LogP contribution in [-0.4, -0.2) is 123 Å². The second-order valence-electron chi connectivity index (χ2n) is 22.3. The van der Waals surface area contributed by atoms with E-state index >= 15 is 0 Å². The molecule has 2 fully saturated rings. The monoisotopic (exact) mass is 1070 g/mol. The molecule has 3 aromatic rings. The molecular formula is C57H77N5O13Si. The van der Waals surface area contributed by atoms with Crippen LogP contribution in [0, 0.1) is 0 Å². The summed E-state index contributed by atoms with van der Waals surface area (Å²) in [6, 6.07) is 5.87. The fraction of sp³-hybridized carbons (Fsp3) is 0.509. The summed E-state index contributed by atoms with van der Waals surface area (Å²) in [7, 11) is 2.40. The highest BCUT2D eigenvalue weighted by Crippen LogP contribution is 2.40. The lowest BCUT2D eigenvalue weighted by atomic mass is 9.93. The first-order valence-electron chi connectivity index (χ1n) is 25.8. The predicted molar refractivity (Wildman–Crippen MR) is 293 cm³/mol. The minimum Gasteiger partial charge on any atom is -0.493 e. The molecule has 2 aromatic carbocycles. The van der Waals surface area contributed by atoms with Gasteiger partial charge in [-0.1, -0.05) is 52.0 Å². The first kappa shape index (κ1) is 58.4. The summed E-state index contributed by atoms with van der Waals surface area (Å²) >= 11 is 0. The van der Waals surface area contributed by atoms with Crippen LogP contribution in [0.4, 0.5) is 21.0 Å². The van der Waals surface area contributed by atoms with Crippen LogP contribution in [0.15, 0.2) is 66.4 Å². The van der Waals surface area contributed by atoms with E-state index in [4.69, 9.17) is 32.8 Å². The minimum atomic E-state index is -2.19. The van der Waals surface area contributed by atoms with Crippen molar-refractivity contribution < 1.29 is 61.6 Å². The molecule has 6 rings (SSSR count). The number of likely N-dealkylation sites (tertiary alicyclic amines) is 2. The Morgan fingerprint density at radius 3 is 1.76 bits per heavy atom. The Bertz CT molecular complexity index is 2800. The fourth-order valence-electron chi connectivity index (χ4n) is 9.13. The van der Waals surface area contributed by atoms with E-state index in [0.29, 0.717) is 62.3 Å². The summed E-state index contributed by atoms with van der Waals surface area (Å²) in [5, 5.41) is 5.46. The van der Waals surface area contributed by atoms with Crippen molar-refractivity contribution in [2.75, 3.05) is 57.8 Å². The Morgan fingerprint density at radius 2 is 1.26 bits per heavy atom. The molecule has 76 heavy (non-hydrogen) atoms. The number of amides is 4. The van der Waals surface area contributed by atoms with Crippen LogP contribution in [0.25, 0.3) is 0 Å². The van der Waals surface area contributed by atoms with Crippen LogP contribution in [0.1, 0.15) is 141 Å². The van der Waals surface area contributed by atoms with Gasteiger partial charge in [0, 0.05) is 55.6 Å². The second-order valence-corrected chi connectivity index (χ2v) is 27.1. The first-order valence-corrected chi connectivity index (χ1v) is 28.8. The number of ether oxygens (including phenoxy) is 6. The molecule has 1 aliphatic carbocycles. The molecule has 0 spiro atoms. The Kier molecular flexibility index (Phi) is 18.4. The van der Waals surface area contributed by atoms with Crippen LogP contribution in [-0.2, 0) is 27.6 Å². The average molecular weight is 1070 g/mol. The van der Waals surface area contributed by atoms with Crippen molar-refractivity contribution in [2.45, 2.75) is 136 Å². The minimum absolute atomic E-state index is 0.0244. The maximum Gasteiger partial charge on any atom is 0.412 e. The molecule has 412 valence electrons. The van der Waals surface area contributed by atoms with E-state index in [-0.39, 0.29) is 118 Å². The molecule has 18 nitrogen and oxygen atoms in total. The summed E-state index contributed by atoms with van der Waals surface area (Å²) in [5.74, 6) is -0.161. The molecule has 0 unspecified atom stereocenters. The van der Waals surface area contributed by atoms with Crippen molar-refractivity contribution in [1.82, 2.24) is 14.4 Å². The van der Waals surface area contributed by atoms with Crippen LogP contribution < -0.4 is 29.6 Å². The number of fused-ring (bicyclic) bond motifs is 1. The molecular weight excluding hydrogens is 991 g/mol. The second kappa shape index (κ2) is 24.0. The van der Waals surface area contributed by atoms with E-state index in [1.165, 1.54) is 32.4 Å². The van der Waals surface area contributed by atoms with E-state index in [1.54, 1.807) is 67.4 Å². The summed E-state index contributed by atoms with van der Waals surface area (Å²) in [4.78, 5) is 85.0. The molecule has 19 heteroatoms. The molecule has 0 bridgehead atoms. The Balaban J connectivity index is 1.17. The Hall–Kier alpha value is -6.86. The number of nitrogens with one attached hydrogen (secondary N) is 2. The molecule has 2 saturated heterocycles.